The van der Waals surface area contributed by atoms with Crippen LogP contribution < -0.4 is 11.1 Å². The molecule has 68 valence electrons. The van der Waals surface area contributed by atoms with E-state index in [9.17, 15) is 0 Å². The molecule has 0 radical (unpaired) electrons. The van der Waals surface area contributed by atoms with Crippen molar-refractivity contribution in [3.8, 4) is 11.8 Å². The molecule has 1 aromatic heterocycles. The van der Waals surface area contributed by atoms with Crippen molar-refractivity contribution < 1.29 is 0 Å². The molecule has 0 atom stereocenters. The highest BCUT2D eigenvalue weighted by Gasteiger charge is 1.93. The number of aryl methyl sites for hydroxylation is 1. The lowest BCUT2D eigenvalue weighted by Crippen LogP contribution is -2.04. The number of rotatable bonds is 1. The second-order valence-electron chi connectivity index (χ2n) is 2.76. The van der Waals surface area contributed by atoms with Crippen LogP contribution in [0, 0.1) is 18.8 Å². The molecule has 13 heavy (non-hydrogen) atoms. The van der Waals surface area contributed by atoms with Crippen molar-refractivity contribution in [2.45, 2.75) is 6.92 Å². The molecular formula is C10H13N3. The van der Waals surface area contributed by atoms with Gasteiger partial charge in [-0.25, -0.2) is 4.98 Å². The van der Waals surface area contributed by atoms with Crippen LogP contribution >= 0.6 is 0 Å². The van der Waals surface area contributed by atoms with Gasteiger partial charge in [-0.05, 0) is 31.5 Å². The van der Waals surface area contributed by atoms with E-state index in [2.05, 4.69) is 22.1 Å². The van der Waals surface area contributed by atoms with Crippen LogP contribution in [0.25, 0.3) is 0 Å². The Morgan fingerprint density at radius 2 is 2.38 bits per heavy atom. The molecule has 0 aliphatic rings. The zero-order valence-electron chi connectivity index (χ0n) is 7.89. The van der Waals surface area contributed by atoms with Crippen molar-refractivity contribution in [1.29, 1.82) is 0 Å². The van der Waals surface area contributed by atoms with Gasteiger partial charge in [-0.2, -0.15) is 0 Å². The molecule has 0 saturated heterocycles. The Hall–Kier alpha value is -1.53. The Labute approximate surface area is 78.4 Å². The summed E-state index contributed by atoms with van der Waals surface area (Å²) < 4.78 is 0. The maximum Gasteiger partial charge on any atom is 0.113 e. The molecule has 3 nitrogen and oxygen atoms in total. The highest BCUT2D eigenvalue weighted by molar-refractivity contribution is 5.46. The smallest absolute Gasteiger partial charge is 0.113 e. The summed E-state index contributed by atoms with van der Waals surface area (Å²) in [5, 5.41) is 2.94. The first-order valence-electron chi connectivity index (χ1n) is 4.09. The predicted molar refractivity (Wildman–Crippen MR) is 54.2 cm³/mol. The Morgan fingerprint density at radius 3 is 3.00 bits per heavy atom. The molecule has 1 rings (SSSR count). The molecule has 0 aliphatic heterocycles. The second-order valence-corrected chi connectivity index (χ2v) is 2.76. The third-order valence-corrected chi connectivity index (χ3v) is 1.63. The lowest BCUT2D eigenvalue weighted by atomic mass is 10.2. The van der Waals surface area contributed by atoms with Crippen LogP contribution in [0.5, 0.6) is 0 Å². The number of nitrogens with two attached hydrogens (primary N) is 1. The molecule has 0 amide bonds. The van der Waals surface area contributed by atoms with E-state index in [-0.39, 0.29) is 0 Å². The van der Waals surface area contributed by atoms with Gasteiger partial charge in [0.25, 0.3) is 0 Å². The number of nitrogens with zero attached hydrogens (tertiary/aromatic N) is 1. The molecule has 0 unspecified atom stereocenters. The molecular weight excluding hydrogens is 162 g/mol. The highest BCUT2D eigenvalue weighted by Crippen LogP contribution is 2.08. The molecule has 1 aromatic rings. The molecule has 0 bridgehead atoms. The average molecular weight is 175 g/mol. The summed E-state index contributed by atoms with van der Waals surface area (Å²) in [6, 6.07) is 1.89. The SMILES string of the molecule is CNCC#Cc1cc(C)c(N)cn1. The van der Waals surface area contributed by atoms with Crippen molar-refractivity contribution in [3.63, 3.8) is 0 Å². The third kappa shape index (κ3) is 2.77. The number of nitrogens with one attached hydrogen (secondary N) is 1. The minimum Gasteiger partial charge on any atom is -0.397 e. The number of anilines is 1. The van der Waals surface area contributed by atoms with Gasteiger partial charge in [0.15, 0.2) is 0 Å². The Morgan fingerprint density at radius 1 is 1.62 bits per heavy atom. The van der Waals surface area contributed by atoms with E-state index in [1.54, 1.807) is 6.20 Å². The van der Waals surface area contributed by atoms with Crippen LogP contribution in [-0.2, 0) is 0 Å². The average Bonchev–Trinajstić information content (AvgIpc) is 2.12. The molecule has 0 fully saturated rings. The Balaban J connectivity index is 2.81. The van der Waals surface area contributed by atoms with Crippen LogP contribution in [-0.4, -0.2) is 18.6 Å². The normalized spacial score (nSPS) is 9.08. The summed E-state index contributed by atoms with van der Waals surface area (Å²) in [4.78, 5) is 4.08. The first-order valence-corrected chi connectivity index (χ1v) is 4.09. The summed E-state index contributed by atoms with van der Waals surface area (Å²) >= 11 is 0. The van der Waals surface area contributed by atoms with Gasteiger partial charge in [-0.15, -0.1) is 0 Å². The topological polar surface area (TPSA) is 50.9 Å². The van der Waals surface area contributed by atoms with Gasteiger partial charge in [0.1, 0.15) is 5.69 Å². The third-order valence-electron chi connectivity index (χ3n) is 1.63. The van der Waals surface area contributed by atoms with Crippen molar-refractivity contribution in [2.24, 2.45) is 0 Å². The number of aromatic nitrogens is 1. The van der Waals surface area contributed by atoms with Gasteiger partial charge < -0.3 is 11.1 Å². The molecule has 0 spiro atoms. The summed E-state index contributed by atoms with van der Waals surface area (Å²) in [7, 11) is 1.86. The summed E-state index contributed by atoms with van der Waals surface area (Å²) in [6.45, 7) is 2.62. The van der Waals surface area contributed by atoms with Gasteiger partial charge in [0.2, 0.25) is 0 Å². The van der Waals surface area contributed by atoms with E-state index in [0.717, 1.165) is 11.3 Å². The molecule has 0 aromatic carbocycles. The first-order chi connectivity index (χ1) is 6.24. The zero-order valence-corrected chi connectivity index (χ0v) is 7.89. The number of hydrogen-bond acceptors (Lipinski definition) is 3. The Kier molecular flexibility index (Phi) is 3.30. The standard InChI is InChI=1S/C10H13N3/c1-8-6-9(4-3-5-12-2)13-7-10(8)11/h6-7,12H,5,11H2,1-2H3. The molecule has 0 saturated carbocycles. The van der Waals surface area contributed by atoms with Crippen molar-refractivity contribution >= 4 is 5.69 Å². The van der Waals surface area contributed by atoms with E-state index >= 15 is 0 Å². The first kappa shape index (κ1) is 9.56. The van der Waals surface area contributed by atoms with Crippen LogP contribution in [0.4, 0.5) is 5.69 Å². The van der Waals surface area contributed by atoms with E-state index in [0.29, 0.717) is 12.2 Å². The van der Waals surface area contributed by atoms with E-state index in [4.69, 9.17) is 5.73 Å². The summed E-state index contributed by atoms with van der Waals surface area (Å²) in [5.41, 5.74) is 8.11. The zero-order chi connectivity index (χ0) is 9.68. The monoisotopic (exact) mass is 175 g/mol. The van der Waals surface area contributed by atoms with Gasteiger partial charge in [0, 0.05) is 0 Å². The minimum absolute atomic E-state index is 0.672. The van der Waals surface area contributed by atoms with Crippen LogP contribution in [0.3, 0.4) is 0 Å². The minimum atomic E-state index is 0.672. The van der Waals surface area contributed by atoms with Crippen LogP contribution in [0.2, 0.25) is 0 Å². The van der Waals surface area contributed by atoms with Gasteiger partial charge in [-0.1, -0.05) is 5.92 Å². The largest absolute Gasteiger partial charge is 0.397 e. The fourth-order valence-corrected chi connectivity index (χ4v) is 0.858. The van der Waals surface area contributed by atoms with E-state index in [1.807, 2.05) is 20.0 Å². The lowest BCUT2D eigenvalue weighted by molar-refractivity contribution is 0.938. The number of hydrogen-bond donors (Lipinski definition) is 2. The summed E-state index contributed by atoms with van der Waals surface area (Å²) in [5.74, 6) is 5.87. The number of pyridine rings is 1. The summed E-state index contributed by atoms with van der Waals surface area (Å²) in [6.07, 6.45) is 1.64. The fourth-order valence-electron chi connectivity index (χ4n) is 0.858. The number of nitrogen functional groups attached to an aromatic ring is 1. The highest BCUT2D eigenvalue weighted by atomic mass is 14.8. The quantitative estimate of drug-likeness (QED) is 0.613. The van der Waals surface area contributed by atoms with Crippen molar-refractivity contribution in [1.82, 2.24) is 10.3 Å². The van der Waals surface area contributed by atoms with Gasteiger partial charge >= 0.3 is 0 Å². The van der Waals surface area contributed by atoms with Crippen molar-refractivity contribution in [3.05, 3.63) is 23.5 Å². The van der Waals surface area contributed by atoms with E-state index < -0.39 is 0 Å². The van der Waals surface area contributed by atoms with Gasteiger partial charge in [0.05, 0.1) is 18.4 Å². The Bertz CT molecular complexity index is 347. The molecule has 0 aliphatic carbocycles. The van der Waals surface area contributed by atoms with E-state index in [1.165, 1.54) is 0 Å². The van der Waals surface area contributed by atoms with Crippen LogP contribution in [0.15, 0.2) is 12.3 Å². The predicted octanol–water partition coefficient (Wildman–Crippen LogP) is 0.543. The van der Waals surface area contributed by atoms with Crippen molar-refractivity contribution in [2.75, 3.05) is 19.3 Å². The lowest BCUT2D eigenvalue weighted by Gasteiger charge is -1.97. The maximum atomic E-state index is 5.62. The van der Waals surface area contributed by atoms with Crippen LogP contribution in [0.1, 0.15) is 11.3 Å². The molecule has 1 heterocycles. The second kappa shape index (κ2) is 4.48. The maximum absolute atomic E-state index is 5.62. The molecule has 3 N–H and O–H groups in total. The fraction of sp³-hybridized carbons (Fsp3) is 0.300. The van der Waals surface area contributed by atoms with Gasteiger partial charge in [-0.3, -0.25) is 0 Å². The molecule has 3 heteroatoms.